The number of benzene rings is 2. The number of rotatable bonds is 6. The molecule has 2 rings (SSSR count). The SMILES string of the molecule is CN=C(NCc1ccc(C#N)cc1F)N(C)CCOc1ccc(F)cc1. The molecule has 0 aliphatic rings. The lowest BCUT2D eigenvalue weighted by molar-refractivity contribution is 0.281. The van der Waals surface area contributed by atoms with E-state index in [0.29, 0.717) is 30.4 Å². The van der Waals surface area contributed by atoms with Gasteiger partial charge in [-0.05, 0) is 36.4 Å². The van der Waals surface area contributed by atoms with Crippen LogP contribution in [0.1, 0.15) is 11.1 Å². The van der Waals surface area contributed by atoms with Crippen molar-refractivity contribution in [3.05, 3.63) is 65.2 Å². The molecule has 0 fully saturated rings. The van der Waals surface area contributed by atoms with Crippen molar-refractivity contribution in [2.75, 3.05) is 27.2 Å². The Morgan fingerprint density at radius 2 is 1.96 bits per heavy atom. The van der Waals surface area contributed by atoms with E-state index in [0.717, 1.165) is 0 Å². The predicted molar refractivity (Wildman–Crippen MR) is 95.8 cm³/mol. The number of nitriles is 1. The van der Waals surface area contributed by atoms with E-state index in [1.165, 1.54) is 18.2 Å². The molecule has 136 valence electrons. The molecule has 0 aliphatic heterocycles. The van der Waals surface area contributed by atoms with Gasteiger partial charge in [-0.3, -0.25) is 4.99 Å². The van der Waals surface area contributed by atoms with Crippen molar-refractivity contribution in [1.82, 2.24) is 10.2 Å². The van der Waals surface area contributed by atoms with Crippen LogP contribution in [-0.4, -0.2) is 38.1 Å². The number of hydrogen-bond donors (Lipinski definition) is 1. The second-order valence-corrected chi connectivity index (χ2v) is 5.54. The van der Waals surface area contributed by atoms with Crippen LogP contribution in [0.5, 0.6) is 5.75 Å². The second-order valence-electron chi connectivity index (χ2n) is 5.54. The summed E-state index contributed by atoms with van der Waals surface area (Å²) < 4.78 is 32.3. The standard InChI is InChI=1S/C19H20F2N4O/c1-23-19(24-13-15-4-3-14(12-22)11-18(15)21)25(2)9-10-26-17-7-5-16(20)6-8-17/h3-8,11H,9-10,13H2,1-2H3,(H,23,24). The average Bonchev–Trinajstić information content (AvgIpc) is 2.64. The van der Waals surface area contributed by atoms with Gasteiger partial charge in [0, 0.05) is 26.2 Å². The van der Waals surface area contributed by atoms with Gasteiger partial charge in [0.1, 0.15) is 24.0 Å². The Hall–Kier alpha value is -3.14. The summed E-state index contributed by atoms with van der Waals surface area (Å²) in [6.07, 6.45) is 0. The summed E-state index contributed by atoms with van der Waals surface area (Å²) in [6.45, 7) is 1.16. The number of hydrogen-bond acceptors (Lipinski definition) is 3. The first-order valence-corrected chi connectivity index (χ1v) is 8.02. The lowest BCUT2D eigenvalue weighted by Crippen LogP contribution is -2.40. The van der Waals surface area contributed by atoms with Gasteiger partial charge in [0.05, 0.1) is 18.2 Å². The Morgan fingerprint density at radius 1 is 1.23 bits per heavy atom. The molecule has 7 heteroatoms. The molecule has 0 unspecified atom stereocenters. The number of aliphatic imine (C=N–C) groups is 1. The third-order valence-corrected chi connectivity index (χ3v) is 3.70. The summed E-state index contributed by atoms with van der Waals surface area (Å²) in [5.41, 5.74) is 0.729. The van der Waals surface area contributed by atoms with Crippen LogP contribution in [0.15, 0.2) is 47.5 Å². The van der Waals surface area contributed by atoms with E-state index in [4.69, 9.17) is 10.00 Å². The van der Waals surface area contributed by atoms with E-state index < -0.39 is 5.82 Å². The highest BCUT2D eigenvalue weighted by Crippen LogP contribution is 2.11. The van der Waals surface area contributed by atoms with Crippen LogP contribution in [0.25, 0.3) is 0 Å². The van der Waals surface area contributed by atoms with Gasteiger partial charge in [-0.2, -0.15) is 5.26 Å². The topological polar surface area (TPSA) is 60.7 Å². The average molecular weight is 358 g/mol. The lowest BCUT2D eigenvalue weighted by Gasteiger charge is -2.22. The molecule has 1 N–H and O–H groups in total. The van der Waals surface area contributed by atoms with Gasteiger partial charge in [-0.25, -0.2) is 8.78 Å². The van der Waals surface area contributed by atoms with Gasteiger partial charge in [0.2, 0.25) is 0 Å². The van der Waals surface area contributed by atoms with E-state index in [1.54, 1.807) is 31.3 Å². The van der Waals surface area contributed by atoms with Crippen molar-refractivity contribution >= 4 is 5.96 Å². The Morgan fingerprint density at radius 3 is 2.58 bits per heavy atom. The number of halogens is 2. The maximum atomic E-state index is 13.9. The van der Waals surface area contributed by atoms with Gasteiger partial charge in [0.25, 0.3) is 0 Å². The summed E-state index contributed by atoms with van der Waals surface area (Å²) in [4.78, 5) is 5.99. The Kier molecular flexibility index (Phi) is 6.92. The van der Waals surface area contributed by atoms with E-state index in [1.807, 2.05) is 18.0 Å². The fraction of sp³-hybridized carbons (Fsp3) is 0.263. The molecule has 0 aliphatic carbocycles. The highest BCUT2D eigenvalue weighted by atomic mass is 19.1. The number of likely N-dealkylation sites (N-methyl/N-ethyl adjacent to an activating group) is 1. The number of ether oxygens (including phenoxy) is 1. The van der Waals surface area contributed by atoms with Crippen molar-refractivity contribution < 1.29 is 13.5 Å². The molecule has 2 aromatic rings. The molecule has 26 heavy (non-hydrogen) atoms. The normalized spacial score (nSPS) is 11.0. The molecule has 0 radical (unpaired) electrons. The fourth-order valence-corrected chi connectivity index (χ4v) is 2.26. The minimum Gasteiger partial charge on any atom is -0.492 e. The van der Waals surface area contributed by atoms with Gasteiger partial charge in [0.15, 0.2) is 5.96 Å². The molecule has 0 saturated carbocycles. The van der Waals surface area contributed by atoms with Crippen LogP contribution in [0.3, 0.4) is 0 Å². The summed E-state index contributed by atoms with van der Waals surface area (Å²) in [7, 11) is 3.47. The van der Waals surface area contributed by atoms with Crippen LogP contribution in [-0.2, 0) is 6.54 Å². The summed E-state index contributed by atoms with van der Waals surface area (Å²) in [5, 5.41) is 11.8. The highest BCUT2D eigenvalue weighted by Gasteiger charge is 2.08. The van der Waals surface area contributed by atoms with Gasteiger partial charge >= 0.3 is 0 Å². The largest absolute Gasteiger partial charge is 0.492 e. The Balaban J connectivity index is 1.83. The molecule has 0 aromatic heterocycles. The molecule has 0 heterocycles. The number of guanidine groups is 1. The quantitative estimate of drug-likeness (QED) is 0.637. The van der Waals surface area contributed by atoms with E-state index in [2.05, 4.69) is 10.3 Å². The first-order valence-electron chi connectivity index (χ1n) is 8.02. The monoisotopic (exact) mass is 358 g/mol. The minimum absolute atomic E-state index is 0.243. The first-order chi connectivity index (χ1) is 12.5. The minimum atomic E-state index is -0.436. The number of nitrogens with one attached hydrogen (secondary N) is 1. The molecule has 0 bridgehead atoms. The van der Waals surface area contributed by atoms with Crippen molar-refractivity contribution in [2.24, 2.45) is 4.99 Å². The first kappa shape index (κ1) is 19.2. The maximum absolute atomic E-state index is 13.9. The van der Waals surface area contributed by atoms with Crippen LogP contribution in [0.2, 0.25) is 0 Å². The molecule has 2 aromatic carbocycles. The fourth-order valence-electron chi connectivity index (χ4n) is 2.26. The molecular formula is C19H20F2N4O. The molecular weight excluding hydrogens is 338 g/mol. The zero-order valence-corrected chi connectivity index (χ0v) is 14.7. The third-order valence-electron chi connectivity index (χ3n) is 3.70. The summed E-state index contributed by atoms with van der Waals surface area (Å²) in [5.74, 6) is 0.419. The molecule has 0 atom stereocenters. The smallest absolute Gasteiger partial charge is 0.193 e. The van der Waals surface area contributed by atoms with Gasteiger partial charge < -0.3 is 15.0 Å². The number of nitrogens with zero attached hydrogens (tertiary/aromatic N) is 3. The van der Waals surface area contributed by atoms with E-state index >= 15 is 0 Å². The Labute approximate surface area is 151 Å². The van der Waals surface area contributed by atoms with E-state index in [9.17, 15) is 8.78 Å². The van der Waals surface area contributed by atoms with Gasteiger partial charge in [-0.15, -0.1) is 0 Å². The predicted octanol–water partition coefficient (Wildman–Crippen LogP) is 2.92. The third kappa shape index (κ3) is 5.45. The van der Waals surface area contributed by atoms with E-state index in [-0.39, 0.29) is 17.9 Å². The van der Waals surface area contributed by atoms with Gasteiger partial charge in [-0.1, -0.05) is 6.07 Å². The Bertz CT molecular complexity index is 800. The molecule has 0 amide bonds. The van der Waals surface area contributed by atoms with Crippen molar-refractivity contribution in [3.8, 4) is 11.8 Å². The highest BCUT2D eigenvalue weighted by molar-refractivity contribution is 5.79. The van der Waals surface area contributed by atoms with Crippen LogP contribution in [0, 0.1) is 23.0 Å². The molecule has 5 nitrogen and oxygen atoms in total. The van der Waals surface area contributed by atoms with Crippen molar-refractivity contribution in [3.63, 3.8) is 0 Å². The van der Waals surface area contributed by atoms with Crippen LogP contribution in [0.4, 0.5) is 8.78 Å². The molecule has 0 saturated heterocycles. The summed E-state index contributed by atoms with van der Waals surface area (Å²) in [6, 6.07) is 12.1. The second kappa shape index (κ2) is 9.37. The zero-order chi connectivity index (χ0) is 18.9. The molecule has 0 spiro atoms. The lowest BCUT2D eigenvalue weighted by atomic mass is 10.1. The van der Waals surface area contributed by atoms with Crippen molar-refractivity contribution in [1.29, 1.82) is 5.26 Å². The zero-order valence-electron chi connectivity index (χ0n) is 14.7. The van der Waals surface area contributed by atoms with Crippen LogP contribution >= 0.6 is 0 Å². The van der Waals surface area contributed by atoms with Crippen LogP contribution < -0.4 is 10.1 Å². The summed E-state index contributed by atoms with van der Waals surface area (Å²) >= 11 is 0. The maximum Gasteiger partial charge on any atom is 0.193 e. The van der Waals surface area contributed by atoms with Crippen molar-refractivity contribution in [2.45, 2.75) is 6.54 Å².